The number of carboxylic acids is 1. The Hall–Kier alpha value is -2.17. The van der Waals surface area contributed by atoms with Crippen molar-refractivity contribution >= 4 is 5.97 Å². The van der Waals surface area contributed by atoms with Crippen molar-refractivity contribution in [3.63, 3.8) is 0 Å². The summed E-state index contributed by atoms with van der Waals surface area (Å²) in [6, 6.07) is 20.0. The maximum absolute atomic E-state index is 10.6. The van der Waals surface area contributed by atoms with Crippen molar-refractivity contribution in [1.82, 2.24) is 0 Å². The van der Waals surface area contributed by atoms with Crippen molar-refractivity contribution in [2.45, 2.75) is 25.4 Å². The molecular formula is C18H23NO3. The van der Waals surface area contributed by atoms with Gasteiger partial charge in [0.05, 0.1) is 5.60 Å². The summed E-state index contributed by atoms with van der Waals surface area (Å²) >= 11 is 0. The quantitative estimate of drug-likeness (QED) is 0.791. The van der Waals surface area contributed by atoms with Crippen molar-refractivity contribution < 1.29 is 15.0 Å². The summed E-state index contributed by atoms with van der Waals surface area (Å²) in [6.07, 6.45) is 1.17. The van der Waals surface area contributed by atoms with Crippen molar-refractivity contribution in [1.29, 1.82) is 0 Å². The lowest BCUT2D eigenvalue weighted by molar-refractivity contribution is -0.134. The molecule has 0 unspecified atom stereocenters. The highest BCUT2D eigenvalue weighted by Gasteiger charge is 2.25. The topological polar surface area (TPSA) is 83.5 Å². The van der Waals surface area contributed by atoms with Crippen LogP contribution in [-0.2, 0) is 17.6 Å². The molecule has 0 atom stereocenters. The molecule has 0 saturated heterocycles. The van der Waals surface area contributed by atoms with Gasteiger partial charge in [0, 0.05) is 26.3 Å². The fourth-order valence-corrected chi connectivity index (χ4v) is 2.16. The highest BCUT2D eigenvalue weighted by molar-refractivity contribution is 5.62. The number of benzene rings is 2. The summed E-state index contributed by atoms with van der Waals surface area (Å²) in [5.74, 6) is -0.833. The molecule has 0 aliphatic rings. The molecule has 0 amide bonds. The molecule has 118 valence electrons. The van der Waals surface area contributed by atoms with E-state index in [2.05, 4.69) is 0 Å². The Labute approximate surface area is 131 Å². The molecule has 0 bridgehead atoms. The third-order valence-electron chi connectivity index (χ3n) is 3.13. The van der Waals surface area contributed by atoms with Gasteiger partial charge < -0.3 is 15.9 Å². The fraction of sp³-hybridized carbons (Fsp3) is 0.278. The Morgan fingerprint density at radius 2 is 1.27 bits per heavy atom. The highest BCUT2D eigenvalue weighted by Crippen LogP contribution is 2.18. The lowest BCUT2D eigenvalue weighted by atomic mass is 9.88. The summed E-state index contributed by atoms with van der Waals surface area (Å²) in [5.41, 5.74) is 7.11. The van der Waals surface area contributed by atoms with Gasteiger partial charge in [0.25, 0.3) is 5.97 Å². The predicted molar refractivity (Wildman–Crippen MR) is 87.6 cm³/mol. The number of hydrogen-bond acceptors (Lipinski definition) is 3. The maximum atomic E-state index is 10.6. The number of aliphatic carboxylic acids is 1. The van der Waals surface area contributed by atoms with E-state index in [9.17, 15) is 5.11 Å². The van der Waals surface area contributed by atoms with Crippen molar-refractivity contribution in [3.05, 3.63) is 71.8 Å². The second-order valence-corrected chi connectivity index (χ2v) is 5.27. The monoisotopic (exact) mass is 301 g/mol. The lowest BCUT2D eigenvalue weighted by Gasteiger charge is -2.27. The Morgan fingerprint density at radius 1 is 0.955 bits per heavy atom. The number of aliphatic hydroxyl groups is 1. The fourth-order valence-electron chi connectivity index (χ4n) is 2.16. The highest BCUT2D eigenvalue weighted by atomic mass is 16.4. The first kappa shape index (κ1) is 17.9. The maximum Gasteiger partial charge on any atom is 0.300 e. The Bertz CT molecular complexity index is 510. The number of carbonyl (C=O) groups is 1. The summed E-state index contributed by atoms with van der Waals surface area (Å²) in [4.78, 5) is 9.00. The van der Waals surface area contributed by atoms with Crippen LogP contribution in [0.2, 0.25) is 0 Å². The van der Waals surface area contributed by atoms with Gasteiger partial charge in [-0.1, -0.05) is 60.7 Å². The molecule has 0 spiro atoms. The van der Waals surface area contributed by atoms with Crippen LogP contribution in [0.1, 0.15) is 18.1 Å². The molecule has 0 heterocycles. The van der Waals surface area contributed by atoms with E-state index < -0.39 is 11.6 Å². The van der Waals surface area contributed by atoms with Crippen LogP contribution in [-0.4, -0.2) is 28.3 Å². The molecule has 0 fully saturated rings. The van der Waals surface area contributed by atoms with E-state index in [4.69, 9.17) is 15.6 Å². The van der Waals surface area contributed by atoms with E-state index in [0.29, 0.717) is 12.8 Å². The van der Waals surface area contributed by atoms with Crippen LogP contribution in [0.5, 0.6) is 0 Å². The van der Waals surface area contributed by atoms with E-state index >= 15 is 0 Å². The number of hydrogen-bond donors (Lipinski definition) is 3. The molecule has 2 aromatic carbocycles. The molecule has 0 aliphatic carbocycles. The Morgan fingerprint density at radius 3 is 1.55 bits per heavy atom. The summed E-state index contributed by atoms with van der Waals surface area (Å²) < 4.78 is 0. The van der Waals surface area contributed by atoms with Crippen LogP contribution >= 0.6 is 0 Å². The molecule has 4 heteroatoms. The van der Waals surface area contributed by atoms with Gasteiger partial charge in [-0.25, -0.2) is 0 Å². The van der Waals surface area contributed by atoms with Crippen molar-refractivity contribution in [2.75, 3.05) is 6.54 Å². The zero-order valence-electron chi connectivity index (χ0n) is 12.8. The zero-order chi connectivity index (χ0) is 16.4. The molecule has 4 nitrogen and oxygen atoms in total. The van der Waals surface area contributed by atoms with E-state index in [1.54, 1.807) is 0 Å². The SMILES string of the molecule is CC(=O)O.NCC(O)(Cc1ccccc1)Cc1ccccc1. The molecule has 0 aromatic heterocycles. The van der Waals surface area contributed by atoms with Crippen LogP contribution in [0, 0.1) is 0 Å². The molecule has 2 aromatic rings. The minimum Gasteiger partial charge on any atom is -0.481 e. The van der Waals surface area contributed by atoms with E-state index in [-0.39, 0.29) is 6.54 Å². The van der Waals surface area contributed by atoms with Gasteiger partial charge in [-0.15, -0.1) is 0 Å². The molecule has 2 rings (SSSR count). The lowest BCUT2D eigenvalue weighted by Crippen LogP contribution is -2.42. The standard InChI is InChI=1S/C16H19NO.C2H4O2/c17-13-16(18,11-14-7-3-1-4-8-14)12-15-9-5-2-6-10-15;1-2(3)4/h1-10,18H,11-13,17H2;1H3,(H,3,4). The molecular weight excluding hydrogens is 278 g/mol. The number of carboxylic acid groups (broad SMARTS) is 1. The molecule has 22 heavy (non-hydrogen) atoms. The average molecular weight is 301 g/mol. The first-order valence-corrected chi connectivity index (χ1v) is 7.15. The number of rotatable bonds is 5. The van der Waals surface area contributed by atoms with Gasteiger partial charge in [0.1, 0.15) is 0 Å². The van der Waals surface area contributed by atoms with Gasteiger partial charge >= 0.3 is 0 Å². The molecule has 0 saturated carbocycles. The summed E-state index contributed by atoms with van der Waals surface area (Å²) in [5, 5.41) is 18.0. The van der Waals surface area contributed by atoms with Crippen LogP contribution in [0.25, 0.3) is 0 Å². The molecule has 0 radical (unpaired) electrons. The van der Waals surface area contributed by atoms with Gasteiger partial charge in [0.15, 0.2) is 0 Å². The van der Waals surface area contributed by atoms with Crippen LogP contribution in [0.4, 0.5) is 0 Å². The van der Waals surface area contributed by atoms with E-state index in [0.717, 1.165) is 18.1 Å². The van der Waals surface area contributed by atoms with Gasteiger partial charge in [-0.3, -0.25) is 4.79 Å². The van der Waals surface area contributed by atoms with Crippen LogP contribution in [0.15, 0.2) is 60.7 Å². The number of nitrogens with two attached hydrogens (primary N) is 1. The van der Waals surface area contributed by atoms with Gasteiger partial charge in [0.2, 0.25) is 0 Å². The summed E-state index contributed by atoms with van der Waals surface area (Å²) in [6.45, 7) is 1.34. The second-order valence-electron chi connectivity index (χ2n) is 5.27. The van der Waals surface area contributed by atoms with Crippen LogP contribution in [0.3, 0.4) is 0 Å². The third-order valence-corrected chi connectivity index (χ3v) is 3.13. The van der Waals surface area contributed by atoms with Crippen molar-refractivity contribution in [2.24, 2.45) is 5.73 Å². The van der Waals surface area contributed by atoms with E-state index in [1.807, 2.05) is 60.7 Å². The van der Waals surface area contributed by atoms with Crippen molar-refractivity contribution in [3.8, 4) is 0 Å². The van der Waals surface area contributed by atoms with Gasteiger partial charge in [-0.05, 0) is 11.1 Å². The molecule has 0 aliphatic heterocycles. The second kappa shape index (κ2) is 8.97. The Balaban J connectivity index is 0.000000541. The average Bonchev–Trinajstić information content (AvgIpc) is 2.48. The minimum atomic E-state index is -0.872. The van der Waals surface area contributed by atoms with Crippen LogP contribution < -0.4 is 5.73 Å². The third kappa shape index (κ3) is 7.02. The normalized spacial score (nSPS) is 10.5. The van der Waals surface area contributed by atoms with E-state index in [1.165, 1.54) is 0 Å². The minimum absolute atomic E-state index is 0.261. The largest absolute Gasteiger partial charge is 0.481 e. The van der Waals surface area contributed by atoms with Gasteiger partial charge in [-0.2, -0.15) is 0 Å². The smallest absolute Gasteiger partial charge is 0.300 e. The first-order chi connectivity index (χ1) is 10.4. The zero-order valence-corrected chi connectivity index (χ0v) is 12.8. The first-order valence-electron chi connectivity index (χ1n) is 7.15. The molecule has 4 N–H and O–H groups in total. The predicted octanol–water partition coefficient (Wildman–Crippen LogP) is 2.25. The Kier molecular flexibility index (Phi) is 7.29. The summed E-state index contributed by atoms with van der Waals surface area (Å²) in [7, 11) is 0.